The summed E-state index contributed by atoms with van der Waals surface area (Å²) in [6.45, 7) is 6.71. The molecule has 1 aromatic rings. The average molecular weight is 288 g/mol. The summed E-state index contributed by atoms with van der Waals surface area (Å²) in [7, 11) is 0. The molecule has 2 aliphatic heterocycles. The highest BCUT2D eigenvalue weighted by atomic mass is 16.2. The van der Waals surface area contributed by atoms with Gasteiger partial charge in [0, 0.05) is 44.6 Å². The molecule has 2 aliphatic rings. The molecule has 0 spiro atoms. The molecule has 5 nitrogen and oxygen atoms in total. The lowest BCUT2D eigenvalue weighted by Crippen LogP contribution is -2.52. The van der Waals surface area contributed by atoms with Crippen LogP contribution in [0.3, 0.4) is 0 Å². The molecule has 2 unspecified atom stereocenters. The minimum atomic E-state index is 0.0475. The Hall–Kier alpha value is -1.46. The van der Waals surface area contributed by atoms with Crippen LogP contribution >= 0.6 is 0 Å². The van der Waals surface area contributed by atoms with Gasteiger partial charge in [0.05, 0.1) is 6.04 Å². The van der Waals surface area contributed by atoms with Crippen LogP contribution in [0.5, 0.6) is 0 Å². The average Bonchev–Trinajstić information content (AvgIpc) is 3.04. The number of hydrogen-bond acceptors (Lipinski definition) is 4. The van der Waals surface area contributed by atoms with Gasteiger partial charge in [-0.05, 0) is 44.0 Å². The Labute approximate surface area is 126 Å². The van der Waals surface area contributed by atoms with E-state index >= 15 is 0 Å². The molecule has 2 atom stereocenters. The van der Waals surface area contributed by atoms with Crippen molar-refractivity contribution in [2.24, 2.45) is 0 Å². The highest BCUT2D eigenvalue weighted by Crippen LogP contribution is 2.29. The predicted octanol–water partition coefficient (Wildman–Crippen LogP) is 1.04. The Morgan fingerprint density at radius 2 is 2.00 bits per heavy atom. The minimum absolute atomic E-state index is 0.0475. The van der Waals surface area contributed by atoms with Crippen LogP contribution in [0.1, 0.15) is 31.4 Å². The second-order valence-electron chi connectivity index (χ2n) is 5.93. The van der Waals surface area contributed by atoms with Crippen molar-refractivity contribution in [3.63, 3.8) is 0 Å². The molecule has 0 aliphatic carbocycles. The summed E-state index contributed by atoms with van der Waals surface area (Å²) in [5.74, 6) is 0.315. The van der Waals surface area contributed by atoms with Crippen LogP contribution < -0.4 is 5.32 Å². The van der Waals surface area contributed by atoms with Crippen molar-refractivity contribution in [1.29, 1.82) is 0 Å². The summed E-state index contributed by atoms with van der Waals surface area (Å²) in [5, 5.41) is 3.31. The number of carbonyl (C=O) groups is 1. The van der Waals surface area contributed by atoms with E-state index in [1.54, 1.807) is 0 Å². The van der Waals surface area contributed by atoms with Gasteiger partial charge in [-0.3, -0.25) is 14.7 Å². The minimum Gasteiger partial charge on any atom is -0.339 e. The van der Waals surface area contributed by atoms with Crippen molar-refractivity contribution >= 4 is 5.91 Å². The maximum absolute atomic E-state index is 12.8. The Morgan fingerprint density at radius 3 is 2.71 bits per heavy atom. The van der Waals surface area contributed by atoms with Crippen LogP contribution in [0.15, 0.2) is 24.5 Å². The number of piperazine rings is 1. The molecular formula is C16H24N4O. The number of likely N-dealkylation sites (tertiary alicyclic amines) is 1. The molecule has 1 amide bonds. The van der Waals surface area contributed by atoms with Crippen LogP contribution in [-0.2, 0) is 4.79 Å². The third kappa shape index (κ3) is 3.09. The first-order valence-corrected chi connectivity index (χ1v) is 7.92. The van der Waals surface area contributed by atoms with Crippen molar-refractivity contribution in [2.75, 3.05) is 32.7 Å². The van der Waals surface area contributed by atoms with Gasteiger partial charge in [0.1, 0.15) is 0 Å². The smallest absolute Gasteiger partial charge is 0.240 e. The lowest BCUT2D eigenvalue weighted by atomic mass is 10.1. The van der Waals surface area contributed by atoms with Crippen LogP contribution in [0, 0.1) is 0 Å². The molecule has 114 valence electrons. The monoisotopic (exact) mass is 288 g/mol. The SMILES string of the molecule is CC(c1ccncc1)N1CCCC1C(=O)N1CCNCC1. The third-order valence-electron chi connectivity index (χ3n) is 4.69. The van der Waals surface area contributed by atoms with E-state index in [1.807, 2.05) is 17.3 Å². The van der Waals surface area contributed by atoms with Gasteiger partial charge in [-0.15, -0.1) is 0 Å². The second-order valence-corrected chi connectivity index (χ2v) is 5.93. The van der Waals surface area contributed by atoms with E-state index in [1.165, 1.54) is 5.56 Å². The van der Waals surface area contributed by atoms with Crippen LogP contribution in [0.25, 0.3) is 0 Å². The highest BCUT2D eigenvalue weighted by Gasteiger charge is 2.36. The molecule has 0 radical (unpaired) electrons. The fourth-order valence-electron chi connectivity index (χ4n) is 3.45. The third-order valence-corrected chi connectivity index (χ3v) is 4.69. The van der Waals surface area contributed by atoms with Gasteiger partial charge in [0.2, 0.25) is 5.91 Å². The number of nitrogens with one attached hydrogen (secondary N) is 1. The molecule has 0 aromatic carbocycles. The van der Waals surface area contributed by atoms with Crippen LogP contribution in [-0.4, -0.2) is 59.5 Å². The molecule has 0 saturated carbocycles. The molecule has 1 N–H and O–H groups in total. The van der Waals surface area contributed by atoms with E-state index < -0.39 is 0 Å². The lowest BCUT2D eigenvalue weighted by Gasteiger charge is -2.35. The molecule has 5 heteroatoms. The Morgan fingerprint density at radius 1 is 1.29 bits per heavy atom. The van der Waals surface area contributed by atoms with E-state index in [0.717, 1.165) is 45.6 Å². The van der Waals surface area contributed by atoms with Crippen molar-refractivity contribution < 1.29 is 4.79 Å². The van der Waals surface area contributed by atoms with Gasteiger partial charge in [-0.2, -0.15) is 0 Å². The topological polar surface area (TPSA) is 48.5 Å². The zero-order chi connectivity index (χ0) is 14.7. The quantitative estimate of drug-likeness (QED) is 0.903. The molecule has 3 rings (SSSR count). The Bertz CT molecular complexity index is 472. The number of aromatic nitrogens is 1. The van der Waals surface area contributed by atoms with Crippen LogP contribution in [0.4, 0.5) is 0 Å². The fourth-order valence-corrected chi connectivity index (χ4v) is 3.45. The van der Waals surface area contributed by atoms with Crippen molar-refractivity contribution in [2.45, 2.75) is 31.8 Å². The van der Waals surface area contributed by atoms with Gasteiger partial charge in [-0.25, -0.2) is 0 Å². The normalized spacial score (nSPS) is 25.0. The molecule has 0 bridgehead atoms. The molecule has 1 aromatic heterocycles. The summed E-state index contributed by atoms with van der Waals surface area (Å²) < 4.78 is 0. The zero-order valence-corrected chi connectivity index (χ0v) is 12.7. The van der Waals surface area contributed by atoms with Gasteiger partial charge in [-0.1, -0.05) is 0 Å². The Balaban J connectivity index is 1.71. The fraction of sp³-hybridized carbons (Fsp3) is 0.625. The van der Waals surface area contributed by atoms with E-state index in [0.29, 0.717) is 5.91 Å². The van der Waals surface area contributed by atoms with Crippen LogP contribution in [0.2, 0.25) is 0 Å². The highest BCUT2D eigenvalue weighted by molar-refractivity contribution is 5.82. The first-order chi connectivity index (χ1) is 10.3. The van der Waals surface area contributed by atoms with Gasteiger partial charge < -0.3 is 10.2 Å². The van der Waals surface area contributed by atoms with Crippen molar-refractivity contribution in [1.82, 2.24) is 20.1 Å². The molecule has 2 saturated heterocycles. The first kappa shape index (κ1) is 14.5. The first-order valence-electron chi connectivity index (χ1n) is 7.92. The molecule has 3 heterocycles. The number of pyridine rings is 1. The summed E-state index contributed by atoms with van der Waals surface area (Å²) in [6.07, 6.45) is 5.75. The van der Waals surface area contributed by atoms with Crippen molar-refractivity contribution in [3.8, 4) is 0 Å². The summed E-state index contributed by atoms with van der Waals surface area (Å²) in [4.78, 5) is 21.3. The number of rotatable bonds is 3. The number of hydrogen-bond donors (Lipinski definition) is 1. The summed E-state index contributed by atoms with van der Waals surface area (Å²) in [5.41, 5.74) is 1.24. The van der Waals surface area contributed by atoms with Gasteiger partial charge in [0.15, 0.2) is 0 Å². The number of carbonyl (C=O) groups excluding carboxylic acids is 1. The van der Waals surface area contributed by atoms with E-state index in [4.69, 9.17) is 0 Å². The lowest BCUT2D eigenvalue weighted by molar-refractivity contribution is -0.137. The molecule has 21 heavy (non-hydrogen) atoms. The molecular weight excluding hydrogens is 264 g/mol. The number of amides is 1. The number of nitrogens with zero attached hydrogens (tertiary/aromatic N) is 3. The van der Waals surface area contributed by atoms with Crippen molar-refractivity contribution in [3.05, 3.63) is 30.1 Å². The Kier molecular flexibility index (Phi) is 4.51. The zero-order valence-electron chi connectivity index (χ0n) is 12.7. The predicted molar refractivity (Wildman–Crippen MR) is 81.8 cm³/mol. The second kappa shape index (κ2) is 6.54. The standard InChI is InChI=1S/C16H24N4O/c1-13(14-4-6-17-7-5-14)20-10-2-3-15(20)16(21)19-11-8-18-9-12-19/h4-7,13,15,18H,2-3,8-12H2,1H3. The van der Waals surface area contributed by atoms with Gasteiger partial charge in [0.25, 0.3) is 0 Å². The van der Waals surface area contributed by atoms with Gasteiger partial charge >= 0.3 is 0 Å². The van der Waals surface area contributed by atoms with E-state index in [9.17, 15) is 4.79 Å². The summed E-state index contributed by atoms with van der Waals surface area (Å²) >= 11 is 0. The van der Waals surface area contributed by atoms with E-state index in [-0.39, 0.29) is 12.1 Å². The molecule has 2 fully saturated rings. The van der Waals surface area contributed by atoms with E-state index in [2.05, 4.69) is 34.3 Å². The maximum Gasteiger partial charge on any atom is 0.240 e. The maximum atomic E-state index is 12.8. The summed E-state index contributed by atoms with van der Waals surface area (Å²) in [6, 6.07) is 4.42. The largest absolute Gasteiger partial charge is 0.339 e.